The summed E-state index contributed by atoms with van der Waals surface area (Å²) in [5.41, 5.74) is 19.4. The van der Waals surface area contributed by atoms with E-state index >= 15 is 0 Å². The lowest BCUT2D eigenvalue weighted by Crippen LogP contribution is -2.16. The van der Waals surface area contributed by atoms with Crippen LogP contribution in [0.3, 0.4) is 0 Å². The Morgan fingerprint density at radius 2 is 0.838 bits per heavy atom. The van der Waals surface area contributed by atoms with Gasteiger partial charge in [0, 0.05) is 27.6 Å². The van der Waals surface area contributed by atoms with Crippen LogP contribution in [0.2, 0.25) is 0 Å². The zero-order valence-electron chi connectivity index (χ0n) is 39.7. The third-order valence-electron chi connectivity index (χ3n) is 13.6. The van der Waals surface area contributed by atoms with Crippen LogP contribution in [-0.2, 0) is 10.8 Å². The molecule has 1 aromatic heterocycles. The Morgan fingerprint density at radius 1 is 0.324 bits per heavy atom. The maximum Gasteiger partial charge on any atom is 0.136 e. The summed E-state index contributed by atoms with van der Waals surface area (Å²) in [6, 6.07) is 82.1. The minimum atomic E-state index is -0.0157. The summed E-state index contributed by atoms with van der Waals surface area (Å²) in [5.74, 6) is 0. The molecule has 1 heterocycles. The Labute approximate surface area is 400 Å². The van der Waals surface area contributed by atoms with Gasteiger partial charge in [-0.1, -0.05) is 224 Å². The van der Waals surface area contributed by atoms with E-state index in [1.165, 1.54) is 49.7 Å². The summed E-state index contributed by atoms with van der Waals surface area (Å²) in [4.78, 5) is 2.47. The lowest BCUT2D eigenvalue weighted by molar-refractivity contribution is 0.569. The number of hydrogen-bond donors (Lipinski definition) is 0. The maximum absolute atomic E-state index is 6.41. The number of nitrogens with zero attached hydrogens (tertiary/aromatic N) is 1. The first kappa shape index (κ1) is 42.7. The monoisotopic (exact) mass is 877 g/mol. The van der Waals surface area contributed by atoms with Gasteiger partial charge in [0.1, 0.15) is 11.2 Å². The molecule has 68 heavy (non-hydrogen) atoms. The molecule has 0 saturated carbocycles. The van der Waals surface area contributed by atoms with Crippen molar-refractivity contribution in [2.75, 3.05) is 4.90 Å². The normalized spacial score (nSPS) is 12.0. The van der Waals surface area contributed by atoms with Crippen LogP contribution in [0.5, 0.6) is 0 Å². The van der Waals surface area contributed by atoms with Crippen LogP contribution in [-0.4, -0.2) is 0 Å². The Balaban J connectivity index is 1.13. The van der Waals surface area contributed by atoms with E-state index in [4.69, 9.17) is 4.42 Å². The van der Waals surface area contributed by atoms with Gasteiger partial charge in [0.05, 0.1) is 11.4 Å². The minimum absolute atomic E-state index is 0.0157. The molecule has 10 aromatic carbocycles. The standard InChI is InChI=1S/C66H55NO/c1-65(2,3)51-39-50(40-52(43-51)66(4,5)6)55-28-17-21-47-22-18-29-59(64(47)55)56-26-11-14-31-61(56)67(60-30-13-10-25-54(60)46-35-33-45(34-36-46)44-19-8-7-9-20-44)53-24-16-23-48(41-53)49-37-38-58-57-27-12-15-32-62(57)68-63(58)42-49/h7-43H,1-6H3. The number of anilines is 3. The molecule has 2 nitrogen and oxygen atoms in total. The second-order valence-corrected chi connectivity index (χ2v) is 20.2. The van der Waals surface area contributed by atoms with Crippen LogP contribution in [0.1, 0.15) is 52.7 Å². The maximum atomic E-state index is 6.41. The molecular weight excluding hydrogens is 823 g/mol. The predicted octanol–water partition coefficient (Wildman–Crippen LogP) is 19.1. The molecule has 0 aliphatic carbocycles. The van der Waals surface area contributed by atoms with Crippen LogP contribution in [0.4, 0.5) is 17.1 Å². The minimum Gasteiger partial charge on any atom is -0.456 e. The van der Waals surface area contributed by atoms with Gasteiger partial charge in [0.25, 0.3) is 0 Å². The average Bonchev–Trinajstić information content (AvgIpc) is 3.74. The van der Waals surface area contributed by atoms with Crippen molar-refractivity contribution < 1.29 is 4.42 Å². The molecule has 0 N–H and O–H groups in total. The van der Waals surface area contributed by atoms with E-state index in [-0.39, 0.29) is 10.8 Å². The quantitative estimate of drug-likeness (QED) is 0.151. The summed E-state index contributed by atoms with van der Waals surface area (Å²) in [5, 5.41) is 4.71. The summed E-state index contributed by atoms with van der Waals surface area (Å²) in [6.07, 6.45) is 0. The fourth-order valence-electron chi connectivity index (χ4n) is 9.88. The Kier molecular flexibility index (Phi) is 10.7. The molecule has 0 bridgehead atoms. The summed E-state index contributed by atoms with van der Waals surface area (Å²) >= 11 is 0. The Morgan fingerprint density at radius 3 is 1.56 bits per heavy atom. The van der Waals surface area contributed by atoms with E-state index in [1.807, 2.05) is 12.1 Å². The molecule has 2 heteroatoms. The van der Waals surface area contributed by atoms with Crippen molar-refractivity contribution in [1.29, 1.82) is 0 Å². The first-order valence-corrected chi connectivity index (χ1v) is 23.8. The van der Waals surface area contributed by atoms with Gasteiger partial charge in [-0.05, 0) is 120 Å². The zero-order valence-corrected chi connectivity index (χ0v) is 39.7. The van der Waals surface area contributed by atoms with Crippen molar-refractivity contribution in [3.05, 3.63) is 236 Å². The molecule has 0 aliphatic rings. The van der Waals surface area contributed by atoms with E-state index in [0.29, 0.717) is 0 Å². The van der Waals surface area contributed by atoms with Crippen LogP contribution >= 0.6 is 0 Å². The van der Waals surface area contributed by atoms with E-state index in [2.05, 4.69) is 259 Å². The highest BCUT2D eigenvalue weighted by Crippen LogP contribution is 2.48. The van der Waals surface area contributed by atoms with Gasteiger partial charge in [-0.25, -0.2) is 0 Å². The summed E-state index contributed by atoms with van der Waals surface area (Å²) in [6.45, 7) is 13.9. The largest absolute Gasteiger partial charge is 0.456 e. The number of fused-ring (bicyclic) bond motifs is 4. The predicted molar refractivity (Wildman–Crippen MR) is 290 cm³/mol. The number of hydrogen-bond acceptors (Lipinski definition) is 2. The van der Waals surface area contributed by atoms with Gasteiger partial charge in [-0.3, -0.25) is 0 Å². The number of benzene rings is 10. The van der Waals surface area contributed by atoms with Gasteiger partial charge >= 0.3 is 0 Å². The van der Waals surface area contributed by atoms with Gasteiger partial charge in [0.2, 0.25) is 0 Å². The van der Waals surface area contributed by atoms with Crippen LogP contribution in [0.25, 0.3) is 88.3 Å². The fraction of sp³-hybridized carbons (Fsp3) is 0.121. The lowest BCUT2D eigenvalue weighted by atomic mass is 9.78. The molecular formula is C66H55NO. The second kappa shape index (κ2) is 17.0. The number of rotatable bonds is 8. The molecule has 0 radical (unpaired) electrons. The van der Waals surface area contributed by atoms with Crippen LogP contribution < -0.4 is 4.90 Å². The van der Waals surface area contributed by atoms with Crippen molar-refractivity contribution in [3.63, 3.8) is 0 Å². The molecule has 330 valence electrons. The molecule has 0 aliphatic heterocycles. The van der Waals surface area contributed by atoms with Gasteiger partial charge in [-0.15, -0.1) is 0 Å². The smallest absolute Gasteiger partial charge is 0.136 e. The van der Waals surface area contributed by atoms with Gasteiger partial charge in [-0.2, -0.15) is 0 Å². The average molecular weight is 878 g/mol. The van der Waals surface area contributed by atoms with Crippen LogP contribution in [0.15, 0.2) is 229 Å². The van der Waals surface area contributed by atoms with E-state index in [1.54, 1.807) is 0 Å². The van der Waals surface area contributed by atoms with E-state index < -0.39 is 0 Å². The van der Waals surface area contributed by atoms with Crippen molar-refractivity contribution in [2.24, 2.45) is 0 Å². The highest BCUT2D eigenvalue weighted by atomic mass is 16.3. The molecule has 0 fully saturated rings. The van der Waals surface area contributed by atoms with Gasteiger partial charge in [0.15, 0.2) is 0 Å². The first-order valence-electron chi connectivity index (χ1n) is 23.8. The lowest BCUT2D eigenvalue weighted by Gasteiger charge is -2.30. The Hall–Kier alpha value is -7.94. The fourth-order valence-corrected chi connectivity index (χ4v) is 9.88. The molecule has 0 spiro atoms. The van der Waals surface area contributed by atoms with Crippen LogP contribution in [0, 0.1) is 0 Å². The first-order chi connectivity index (χ1) is 33.0. The molecule has 11 aromatic rings. The molecule has 0 saturated heterocycles. The zero-order chi connectivity index (χ0) is 46.6. The highest BCUT2D eigenvalue weighted by molar-refractivity contribution is 6.10. The van der Waals surface area contributed by atoms with Crippen molar-refractivity contribution in [2.45, 2.75) is 52.4 Å². The molecule has 11 rings (SSSR count). The second-order valence-electron chi connectivity index (χ2n) is 20.2. The number of furan rings is 1. The highest BCUT2D eigenvalue weighted by Gasteiger charge is 2.25. The van der Waals surface area contributed by atoms with E-state index in [9.17, 15) is 0 Å². The van der Waals surface area contributed by atoms with Gasteiger partial charge < -0.3 is 9.32 Å². The summed E-state index contributed by atoms with van der Waals surface area (Å²) < 4.78 is 6.41. The number of para-hydroxylation sites is 3. The van der Waals surface area contributed by atoms with Crippen molar-refractivity contribution >= 4 is 49.8 Å². The SMILES string of the molecule is CC(C)(C)c1cc(-c2cccc3cccc(-c4ccccc4N(c4cccc(-c5ccc6c(c5)oc5ccccc56)c4)c4ccccc4-c4ccc(-c5ccccc5)cc4)c23)cc(C(C)(C)C)c1. The van der Waals surface area contributed by atoms with Crippen molar-refractivity contribution in [3.8, 4) is 55.6 Å². The molecule has 0 amide bonds. The van der Waals surface area contributed by atoms with E-state index in [0.717, 1.165) is 66.8 Å². The topological polar surface area (TPSA) is 16.4 Å². The van der Waals surface area contributed by atoms with Crippen molar-refractivity contribution in [1.82, 2.24) is 0 Å². The molecule has 0 unspecified atom stereocenters. The summed E-state index contributed by atoms with van der Waals surface area (Å²) in [7, 11) is 0. The Bertz CT molecular complexity index is 3600. The third kappa shape index (κ3) is 7.96. The molecule has 0 atom stereocenters. The third-order valence-corrected chi connectivity index (χ3v) is 13.6.